The lowest BCUT2D eigenvalue weighted by molar-refractivity contribution is -0.0266. The van der Waals surface area contributed by atoms with Crippen LogP contribution in [0.2, 0.25) is 0 Å². The second-order valence-electron chi connectivity index (χ2n) is 11.6. The topological polar surface area (TPSA) is 104 Å². The number of nitrogens with zero attached hydrogens (tertiary/aromatic N) is 6. The molecular weight excluding hydrogens is 494 g/mol. The van der Waals surface area contributed by atoms with E-state index in [4.69, 9.17) is 9.84 Å². The van der Waals surface area contributed by atoms with Crippen LogP contribution >= 0.6 is 0 Å². The number of alkyl halides is 2. The van der Waals surface area contributed by atoms with E-state index in [0.717, 1.165) is 56.2 Å². The number of pyridine rings is 1. The van der Waals surface area contributed by atoms with Crippen LogP contribution in [0.25, 0.3) is 22.3 Å². The van der Waals surface area contributed by atoms with E-state index in [1.807, 2.05) is 15.6 Å². The highest BCUT2D eigenvalue weighted by molar-refractivity contribution is 5.96. The van der Waals surface area contributed by atoms with E-state index in [0.29, 0.717) is 47.9 Å². The van der Waals surface area contributed by atoms with Gasteiger partial charge in [0.1, 0.15) is 5.69 Å². The summed E-state index contributed by atoms with van der Waals surface area (Å²) >= 11 is 0. The Morgan fingerprint density at radius 2 is 2.11 bits per heavy atom. The molecule has 12 heteroatoms. The molecule has 4 fully saturated rings. The van der Waals surface area contributed by atoms with Crippen molar-refractivity contribution in [1.29, 1.82) is 0 Å². The first-order valence-electron chi connectivity index (χ1n) is 13.5. The molecule has 10 nitrogen and oxygen atoms in total. The molecule has 0 radical (unpaired) electrons. The Hall–Kier alpha value is -3.28. The molecule has 2 atom stereocenters. The third-order valence-corrected chi connectivity index (χ3v) is 8.57. The average Bonchev–Trinajstić information content (AvgIpc) is 3.25. The van der Waals surface area contributed by atoms with Gasteiger partial charge in [-0.2, -0.15) is 10.2 Å². The van der Waals surface area contributed by atoms with Crippen LogP contribution in [0.15, 0.2) is 18.5 Å². The Kier molecular flexibility index (Phi) is 5.40. The predicted molar refractivity (Wildman–Crippen MR) is 137 cm³/mol. The summed E-state index contributed by atoms with van der Waals surface area (Å²) in [5, 5.41) is 15.7. The number of aromatic amines is 1. The zero-order valence-electron chi connectivity index (χ0n) is 21.4. The highest BCUT2D eigenvalue weighted by Gasteiger charge is 2.52. The van der Waals surface area contributed by atoms with Gasteiger partial charge in [-0.05, 0) is 44.1 Å². The summed E-state index contributed by atoms with van der Waals surface area (Å²) in [5.74, 6) is -1.23. The van der Waals surface area contributed by atoms with Gasteiger partial charge in [0, 0.05) is 37.4 Å². The Bertz CT molecular complexity index is 1370. The summed E-state index contributed by atoms with van der Waals surface area (Å²) < 4.78 is 34.7. The number of amides is 2. The molecule has 2 N–H and O–H groups in total. The number of halogens is 2. The molecule has 3 saturated heterocycles. The predicted octanol–water partition coefficient (Wildman–Crippen LogP) is 4.11. The molecule has 1 aliphatic carbocycles. The van der Waals surface area contributed by atoms with Crippen molar-refractivity contribution < 1.29 is 18.3 Å². The van der Waals surface area contributed by atoms with Gasteiger partial charge in [-0.3, -0.25) is 14.8 Å². The summed E-state index contributed by atoms with van der Waals surface area (Å²) in [7, 11) is 0. The van der Waals surface area contributed by atoms with Crippen molar-refractivity contribution in [2.75, 3.05) is 43.1 Å². The van der Waals surface area contributed by atoms with Crippen LogP contribution in [-0.4, -0.2) is 80.2 Å². The molecule has 0 aromatic carbocycles. The summed E-state index contributed by atoms with van der Waals surface area (Å²) in [6, 6.07) is 1.79. The highest BCUT2D eigenvalue weighted by Crippen LogP contribution is 2.50. The maximum absolute atomic E-state index is 13.7. The Morgan fingerprint density at radius 1 is 1.26 bits per heavy atom. The van der Waals surface area contributed by atoms with Gasteiger partial charge in [-0.15, -0.1) is 0 Å². The Morgan fingerprint density at radius 3 is 2.84 bits per heavy atom. The number of carbonyl (C=O) groups is 1. The maximum Gasteiger partial charge on any atom is 0.322 e. The average molecular weight is 527 g/mol. The molecule has 0 unspecified atom stereocenters. The van der Waals surface area contributed by atoms with Crippen LogP contribution in [0.1, 0.15) is 39.0 Å². The molecule has 3 aromatic rings. The Balaban J connectivity index is 1.18. The first kappa shape index (κ1) is 23.8. The molecule has 38 heavy (non-hydrogen) atoms. The van der Waals surface area contributed by atoms with E-state index in [-0.39, 0.29) is 24.7 Å². The fourth-order valence-electron chi connectivity index (χ4n) is 6.34. The van der Waals surface area contributed by atoms with Crippen molar-refractivity contribution in [2.45, 2.75) is 57.0 Å². The van der Waals surface area contributed by atoms with Crippen LogP contribution < -0.4 is 10.2 Å². The number of nitrogens with one attached hydrogen (secondary N) is 2. The zero-order valence-corrected chi connectivity index (χ0v) is 21.4. The van der Waals surface area contributed by atoms with Gasteiger partial charge in [0.05, 0.1) is 48.2 Å². The lowest BCUT2D eigenvalue weighted by atomic mass is 9.91. The van der Waals surface area contributed by atoms with Gasteiger partial charge in [-0.25, -0.2) is 13.6 Å². The van der Waals surface area contributed by atoms with Crippen molar-refractivity contribution in [1.82, 2.24) is 29.9 Å². The standard InChI is InChI=1S/C26H32F2N8O2/c1-16-2-6-35(25(9-16)4-5-25)24(37)31-20-11-30-32-22(20)19-8-21-18(10-29-19)23(34-14-26(27,28)15-34)33-36(21)12-17-3-7-38-13-17/h8,10-11,16-17H,2-7,9,12-15H2,1H3,(H,30,32)(H,31,37)/t16-,17+/m1/s1. The van der Waals surface area contributed by atoms with Gasteiger partial charge in [0.25, 0.3) is 5.92 Å². The number of hydrogen-bond donors (Lipinski definition) is 2. The highest BCUT2D eigenvalue weighted by atomic mass is 19.3. The number of piperidine rings is 1. The summed E-state index contributed by atoms with van der Waals surface area (Å²) in [6.07, 6.45) is 8.40. The van der Waals surface area contributed by atoms with Gasteiger partial charge in [0.15, 0.2) is 5.82 Å². The van der Waals surface area contributed by atoms with Crippen molar-refractivity contribution in [3.05, 3.63) is 18.5 Å². The third-order valence-electron chi connectivity index (χ3n) is 8.57. The first-order chi connectivity index (χ1) is 18.3. The van der Waals surface area contributed by atoms with Crippen LogP contribution in [0.3, 0.4) is 0 Å². The number of urea groups is 1. The zero-order chi connectivity index (χ0) is 26.1. The van der Waals surface area contributed by atoms with E-state index in [2.05, 4.69) is 27.4 Å². The second-order valence-corrected chi connectivity index (χ2v) is 11.6. The molecule has 6 heterocycles. The van der Waals surface area contributed by atoms with Crippen molar-refractivity contribution >= 4 is 28.4 Å². The van der Waals surface area contributed by atoms with E-state index < -0.39 is 5.92 Å². The van der Waals surface area contributed by atoms with Crippen LogP contribution in [0.5, 0.6) is 0 Å². The van der Waals surface area contributed by atoms with E-state index in [1.54, 1.807) is 17.3 Å². The molecule has 202 valence electrons. The Labute approximate surface area is 218 Å². The minimum Gasteiger partial charge on any atom is -0.381 e. The van der Waals surface area contributed by atoms with Gasteiger partial charge in [-0.1, -0.05) is 6.92 Å². The monoisotopic (exact) mass is 526 g/mol. The summed E-state index contributed by atoms with van der Waals surface area (Å²) in [6.45, 7) is 4.33. The molecule has 3 aromatic heterocycles. The molecule has 1 saturated carbocycles. The number of fused-ring (bicyclic) bond motifs is 1. The molecule has 2 amide bonds. The maximum atomic E-state index is 13.7. The number of ether oxygens (including phenoxy) is 1. The van der Waals surface area contributed by atoms with Crippen LogP contribution in [0, 0.1) is 11.8 Å². The molecular formula is C26H32F2N8O2. The number of hydrogen-bond acceptors (Lipinski definition) is 6. The van der Waals surface area contributed by atoms with Gasteiger partial charge < -0.3 is 19.9 Å². The van der Waals surface area contributed by atoms with E-state index in [9.17, 15) is 13.6 Å². The van der Waals surface area contributed by atoms with E-state index >= 15 is 0 Å². The van der Waals surface area contributed by atoms with Gasteiger partial charge in [0.2, 0.25) is 0 Å². The third kappa shape index (κ3) is 4.09. The first-order valence-corrected chi connectivity index (χ1v) is 13.5. The fraction of sp³-hybridized carbons (Fsp3) is 0.615. The normalized spacial score (nSPS) is 25.7. The largest absolute Gasteiger partial charge is 0.381 e. The molecule has 4 aliphatic rings. The number of rotatable bonds is 5. The lowest BCUT2D eigenvalue weighted by Gasteiger charge is -2.39. The van der Waals surface area contributed by atoms with Crippen LogP contribution in [-0.2, 0) is 11.3 Å². The number of H-pyrrole nitrogens is 1. The van der Waals surface area contributed by atoms with Crippen molar-refractivity contribution in [2.24, 2.45) is 11.8 Å². The van der Waals surface area contributed by atoms with Gasteiger partial charge >= 0.3 is 6.03 Å². The molecule has 3 aliphatic heterocycles. The number of carbonyl (C=O) groups excluding carboxylic acids is 1. The number of aromatic nitrogens is 5. The molecule has 7 rings (SSSR count). The number of likely N-dealkylation sites (tertiary alicyclic amines) is 1. The summed E-state index contributed by atoms with van der Waals surface area (Å²) in [4.78, 5) is 21.5. The minimum absolute atomic E-state index is 0.00330. The van der Waals surface area contributed by atoms with E-state index in [1.165, 1.54) is 0 Å². The molecule has 1 spiro atoms. The second kappa shape index (κ2) is 8.62. The lowest BCUT2D eigenvalue weighted by Crippen LogP contribution is -2.56. The smallest absolute Gasteiger partial charge is 0.322 e. The number of anilines is 2. The summed E-state index contributed by atoms with van der Waals surface area (Å²) in [5.41, 5.74) is 2.58. The molecule has 0 bridgehead atoms. The fourth-order valence-corrected chi connectivity index (χ4v) is 6.34. The SMILES string of the molecule is C[C@@H]1CCN(C(=O)Nc2cn[nH]c2-c2cc3c(cn2)c(N2CC(F)(F)C2)nn3C[C@@H]2CCOC2)C2(CC2)C1. The van der Waals surface area contributed by atoms with Crippen molar-refractivity contribution in [3.8, 4) is 11.4 Å². The van der Waals surface area contributed by atoms with Crippen molar-refractivity contribution in [3.63, 3.8) is 0 Å². The minimum atomic E-state index is -2.70. The quantitative estimate of drug-likeness (QED) is 0.519. The van der Waals surface area contributed by atoms with Crippen LogP contribution in [0.4, 0.5) is 25.1 Å².